The van der Waals surface area contributed by atoms with E-state index in [9.17, 15) is 5.11 Å². The Labute approximate surface area is 105 Å². The molecule has 0 aromatic heterocycles. The summed E-state index contributed by atoms with van der Waals surface area (Å²) in [6, 6.07) is 10.7. The minimum Gasteiger partial charge on any atom is -0.391 e. The lowest BCUT2D eigenvalue weighted by molar-refractivity contribution is 0.145. The van der Waals surface area contributed by atoms with Gasteiger partial charge in [-0.05, 0) is 24.4 Å². The molecule has 1 heterocycles. The van der Waals surface area contributed by atoms with Crippen molar-refractivity contribution in [3.05, 3.63) is 35.9 Å². The van der Waals surface area contributed by atoms with Crippen LogP contribution in [0, 0.1) is 0 Å². The normalized spacial score (nSPS) is 23.5. The number of likely N-dealkylation sites (tertiary alicyclic amines) is 1. The smallest absolute Gasteiger partial charge is 0.0763 e. The molecule has 1 aromatic carbocycles. The van der Waals surface area contributed by atoms with Crippen LogP contribution >= 0.6 is 15.9 Å². The van der Waals surface area contributed by atoms with Crippen molar-refractivity contribution >= 4 is 15.9 Å². The average Bonchev–Trinajstić information content (AvgIpc) is 2.78. The van der Waals surface area contributed by atoms with Gasteiger partial charge in [-0.2, -0.15) is 0 Å². The summed E-state index contributed by atoms with van der Waals surface area (Å²) < 4.78 is 0. The van der Waals surface area contributed by atoms with Crippen LogP contribution in [0.4, 0.5) is 0 Å². The fourth-order valence-corrected chi connectivity index (χ4v) is 2.55. The van der Waals surface area contributed by atoms with E-state index in [1.165, 1.54) is 12.0 Å². The van der Waals surface area contributed by atoms with Gasteiger partial charge in [0.2, 0.25) is 0 Å². The molecule has 0 spiro atoms. The third-order valence-corrected chi connectivity index (χ3v) is 3.94. The summed E-state index contributed by atoms with van der Waals surface area (Å²) in [5.74, 6) is 0.642. The molecule has 1 aliphatic heterocycles. The van der Waals surface area contributed by atoms with Gasteiger partial charge in [0, 0.05) is 18.4 Å². The van der Waals surface area contributed by atoms with E-state index >= 15 is 0 Å². The van der Waals surface area contributed by atoms with Crippen molar-refractivity contribution in [1.82, 2.24) is 4.90 Å². The Morgan fingerprint density at radius 3 is 2.81 bits per heavy atom. The minimum absolute atomic E-state index is 0.241. The Bertz CT molecular complexity index is 317. The van der Waals surface area contributed by atoms with E-state index in [0.717, 1.165) is 19.6 Å². The Morgan fingerprint density at radius 1 is 1.38 bits per heavy atom. The molecule has 2 atom stereocenters. The largest absolute Gasteiger partial charge is 0.391 e. The van der Waals surface area contributed by atoms with Crippen LogP contribution in [0.3, 0.4) is 0 Å². The summed E-state index contributed by atoms with van der Waals surface area (Å²) in [5, 5.41) is 10.3. The molecule has 16 heavy (non-hydrogen) atoms. The number of nitrogens with zero attached hydrogens (tertiary/aromatic N) is 1. The standard InChI is InChI=1S/C13H18BrNO/c14-8-13(16)10-15-7-6-12(9-15)11-4-2-1-3-5-11/h1-5,12-13,16H,6-10H2. The fourth-order valence-electron chi connectivity index (χ4n) is 2.34. The molecule has 1 saturated heterocycles. The average molecular weight is 284 g/mol. The molecule has 2 rings (SSSR count). The highest BCUT2D eigenvalue weighted by molar-refractivity contribution is 9.09. The second kappa shape index (κ2) is 5.80. The van der Waals surface area contributed by atoms with E-state index in [0.29, 0.717) is 11.2 Å². The molecular formula is C13H18BrNO. The van der Waals surface area contributed by atoms with Crippen LogP contribution in [0.1, 0.15) is 17.9 Å². The summed E-state index contributed by atoms with van der Waals surface area (Å²) in [5.41, 5.74) is 1.43. The number of halogens is 1. The van der Waals surface area contributed by atoms with Crippen molar-refractivity contribution in [2.75, 3.05) is 25.0 Å². The molecule has 1 aliphatic rings. The van der Waals surface area contributed by atoms with Crippen molar-refractivity contribution in [1.29, 1.82) is 0 Å². The summed E-state index contributed by atoms with van der Waals surface area (Å²) in [7, 11) is 0. The van der Waals surface area contributed by atoms with Crippen molar-refractivity contribution in [2.45, 2.75) is 18.4 Å². The number of aliphatic hydroxyl groups is 1. The lowest BCUT2D eigenvalue weighted by Crippen LogP contribution is -2.31. The zero-order chi connectivity index (χ0) is 11.4. The highest BCUT2D eigenvalue weighted by atomic mass is 79.9. The Balaban J connectivity index is 1.89. The van der Waals surface area contributed by atoms with Crippen LogP contribution in [0.25, 0.3) is 0 Å². The summed E-state index contributed by atoms with van der Waals surface area (Å²) in [6.45, 7) is 2.96. The van der Waals surface area contributed by atoms with Gasteiger partial charge in [0.05, 0.1) is 6.10 Å². The third kappa shape index (κ3) is 3.06. The van der Waals surface area contributed by atoms with Crippen molar-refractivity contribution in [2.24, 2.45) is 0 Å². The fraction of sp³-hybridized carbons (Fsp3) is 0.538. The highest BCUT2D eigenvalue weighted by Crippen LogP contribution is 2.26. The molecule has 0 saturated carbocycles. The van der Waals surface area contributed by atoms with Gasteiger partial charge < -0.3 is 10.0 Å². The molecule has 1 aromatic rings. The SMILES string of the molecule is OC(CBr)CN1CCC(c2ccccc2)C1. The van der Waals surface area contributed by atoms with Gasteiger partial charge in [-0.1, -0.05) is 46.3 Å². The Hall–Kier alpha value is -0.380. The minimum atomic E-state index is -0.241. The maximum atomic E-state index is 9.59. The third-order valence-electron chi connectivity index (χ3n) is 3.19. The first-order valence-electron chi connectivity index (χ1n) is 5.81. The number of alkyl halides is 1. The number of benzene rings is 1. The maximum Gasteiger partial charge on any atom is 0.0763 e. The van der Waals surface area contributed by atoms with Crippen LogP contribution in [-0.4, -0.2) is 41.1 Å². The zero-order valence-corrected chi connectivity index (χ0v) is 10.9. The zero-order valence-electron chi connectivity index (χ0n) is 9.35. The molecule has 0 bridgehead atoms. The van der Waals surface area contributed by atoms with E-state index in [1.54, 1.807) is 0 Å². The van der Waals surface area contributed by atoms with E-state index in [1.807, 2.05) is 0 Å². The molecule has 0 radical (unpaired) electrons. The van der Waals surface area contributed by atoms with Gasteiger partial charge in [-0.15, -0.1) is 0 Å². The number of β-amino-alcohol motifs (C(OH)–C–C–N with tert-alkyl or cyclic N) is 1. The first-order chi connectivity index (χ1) is 7.79. The second-order valence-corrected chi connectivity index (χ2v) is 5.11. The van der Waals surface area contributed by atoms with Crippen LogP contribution in [0.2, 0.25) is 0 Å². The number of aliphatic hydroxyl groups excluding tert-OH is 1. The van der Waals surface area contributed by atoms with E-state index in [2.05, 4.69) is 51.2 Å². The predicted molar refractivity (Wildman–Crippen MR) is 70.0 cm³/mol. The van der Waals surface area contributed by atoms with Crippen LogP contribution in [0.15, 0.2) is 30.3 Å². The van der Waals surface area contributed by atoms with Gasteiger partial charge in [0.1, 0.15) is 0 Å². The van der Waals surface area contributed by atoms with Crippen molar-refractivity contribution in [3.8, 4) is 0 Å². The van der Waals surface area contributed by atoms with E-state index < -0.39 is 0 Å². The van der Waals surface area contributed by atoms with Crippen LogP contribution in [0.5, 0.6) is 0 Å². The van der Waals surface area contributed by atoms with Crippen molar-refractivity contribution in [3.63, 3.8) is 0 Å². The van der Waals surface area contributed by atoms with Crippen LogP contribution in [-0.2, 0) is 0 Å². The molecule has 2 unspecified atom stereocenters. The lowest BCUT2D eigenvalue weighted by atomic mass is 9.99. The van der Waals surface area contributed by atoms with Crippen LogP contribution < -0.4 is 0 Å². The lowest BCUT2D eigenvalue weighted by Gasteiger charge is -2.18. The Morgan fingerprint density at radius 2 is 2.12 bits per heavy atom. The second-order valence-electron chi connectivity index (χ2n) is 4.46. The van der Waals surface area contributed by atoms with Gasteiger partial charge in [0.25, 0.3) is 0 Å². The van der Waals surface area contributed by atoms with E-state index in [-0.39, 0.29) is 6.10 Å². The molecule has 0 amide bonds. The maximum absolute atomic E-state index is 9.59. The molecule has 0 aliphatic carbocycles. The Kier molecular flexibility index (Phi) is 4.38. The molecule has 88 valence electrons. The molecular weight excluding hydrogens is 266 g/mol. The van der Waals surface area contributed by atoms with Gasteiger partial charge in [0.15, 0.2) is 0 Å². The van der Waals surface area contributed by atoms with Gasteiger partial charge in [-0.25, -0.2) is 0 Å². The quantitative estimate of drug-likeness (QED) is 0.857. The highest BCUT2D eigenvalue weighted by Gasteiger charge is 2.24. The van der Waals surface area contributed by atoms with Gasteiger partial charge in [-0.3, -0.25) is 0 Å². The van der Waals surface area contributed by atoms with Gasteiger partial charge >= 0.3 is 0 Å². The number of hydrogen-bond acceptors (Lipinski definition) is 2. The number of rotatable bonds is 4. The van der Waals surface area contributed by atoms with E-state index in [4.69, 9.17) is 0 Å². The summed E-state index contributed by atoms with van der Waals surface area (Å²) >= 11 is 3.31. The molecule has 1 N–H and O–H groups in total. The summed E-state index contributed by atoms with van der Waals surface area (Å²) in [4.78, 5) is 2.35. The molecule has 2 nitrogen and oxygen atoms in total. The monoisotopic (exact) mass is 283 g/mol. The topological polar surface area (TPSA) is 23.5 Å². The number of hydrogen-bond donors (Lipinski definition) is 1. The molecule has 3 heteroatoms. The summed E-state index contributed by atoms with van der Waals surface area (Å²) in [6.07, 6.45) is 0.966. The molecule has 1 fully saturated rings. The first kappa shape index (κ1) is 12.1. The predicted octanol–water partition coefficient (Wildman–Crippen LogP) is 2.23. The first-order valence-corrected chi connectivity index (χ1v) is 6.93. The van der Waals surface area contributed by atoms with Crippen molar-refractivity contribution < 1.29 is 5.11 Å².